The van der Waals surface area contributed by atoms with Crippen molar-refractivity contribution in [2.75, 3.05) is 0 Å². The Morgan fingerprint density at radius 1 is 1.19 bits per heavy atom. The van der Waals surface area contributed by atoms with Gasteiger partial charge in [0, 0.05) is 11.7 Å². The van der Waals surface area contributed by atoms with E-state index < -0.39 is 17.7 Å². The Morgan fingerprint density at radius 2 is 1.86 bits per heavy atom. The van der Waals surface area contributed by atoms with Gasteiger partial charge in [-0.2, -0.15) is 13.2 Å². The van der Waals surface area contributed by atoms with Gasteiger partial charge in [0.1, 0.15) is 5.69 Å². The van der Waals surface area contributed by atoms with Crippen molar-refractivity contribution < 1.29 is 23.1 Å². The van der Waals surface area contributed by atoms with Crippen molar-refractivity contribution in [2.45, 2.75) is 26.1 Å². The molecule has 0 amide bonds. The molecule has 0 spiro atoms. The molecule has 1 heterocycles. The summed E-state index contributed by atoms with van der Waals surface area (Å²) in [5, 5.41) is 9.16. The van der Waals surface area contributed by atoms with Crippen LogP contribution in [0, 0.1) is 0 Å². The molecular weight excluding hydrogens is 283 g/mol. The Morgan fingerprint density at radius 3 is 2.38 bits per heavy atom. The number of benzene rings is 1. The fourth-order valence-corrected chi connectivity index (χ4v) is 2.27. The lowest BCUT2D eigenvalue weighted by Crippen LogP contribution is -2.12. The number of carbonyl (C=O) groups is 1. The summed E-state index contributed by atoms with van der Waals surface area (Å²) in [6.07, 6.45) is -4.43. The van der Waals surface area contributed by atoms with Crippen LogP contribution in [0.5, 0.6) is 0 Å². The van der Waals surface area contributed by atoms with Crippen LogP contribution >= 0.6 is 0 Å². The third-order valence-electron chi connectivity index (χ3n) is 3.14. The second kappa shape index (κ2) is 5.27. The summed E-state index contributed by atoms with van der Waals surface area (Å²) in [5.41, 5.74) is 0.0883. The molecule has 0 unspecified atom stereocenters. The summed E-state index contributed by atoms with van der Waals surface area (Å²) in [6.45, 7) is 3.56. The van der Waals surface area contributed by atoms with Gasteiger partial charge in [0.15, 0.2) is 0 Å². The number of aromatic carboxylic acids is 1. The molecule has 1 aromatic carbocycles. The summed E-state index contributed by atoms with van der Waals surface area (Å²) < 4.78 is 39.8. The Hall–Kier alpha value is -2.24. The SMILES string of the molecule is CC(C)n1c(C(=O)O)ccc1-c1cccc(C(F)(F)F)c1. The standard InChI is InChI=1S/C15H14F3NO2/c1-9(2)19-12(6-7-13(19)14(20)21)10-4-3-5-11(8-10)15(16,17)18/h3-9H,1-2H3,(H,20,21). The van der Waals surface area contributed by atoms with E-state index in [1.54, 1.807) is 13.8 Å². The minimum atomic E-state index is -4.43. The zero-order valence-corrected chi connectivity index (χ0v) is 11.5. The first kappa shape index (κ1) is 15.2. The van der Waals surface area contributed by atoms with Gasteiger partial charge in [0.25, 0.3) is 0 Å². The van der Waals surface area contributed by atoms with Crippen LogP contribution in [-0.4, -0.2) is 15.6 Å². The molecule has 21 heavy (non-hydrogen) atoms. The third-order valence-corrected chi connectivity index (χ3v) is 3.14. The Bertz CT molecular complexity index is 672. The monoisotopic (exact) mass is 297 g/mol. The molecule has 2 rings (SSSR count). The Labute approximate surface area is 119 Å². The fourth-order valence-electron chi connectivity index (χ4n) is 2.27. The maximum absolute atomic E-state index is 12.8. The highest BCUT2D eigenvalue weighted by atomic mass is 19.4. The van der Waals surface area contributed by atoms with Crippen molar-refractivity contribution in [1.82, 2.24) is 4.57 Å². The zero-order valence-electron chi connectivity index (χ0n) is 11.5. The number of hydrogen-bond donors (Lipinski definition) is 1. The average Bonchev–Trinajstić information content (AvgIpc) is 2.82. The number of halogens is 3. The van der Waals surface area contributed by atoms with Crippen molar-refractivity contribution in [2.24, 2.45) is 0 Å². The lowest BCUT2D eigenvalue weighted by Gasteiger charge is -2.16. The summed E-state index contributed by atoms with van der Waals surface area (Å²) >= 11 is 0. The van der Waals surface area contributed by atoms with E-state index in [4.69, 9.17) is 5.11 Å². The first-order valence-corrected chi connectivity index (χ1v) is 6.34. The van der Waals surface area contributed by atoms with Crippen molar-refractivity contribution in [3.63, 3.8) is 0 Å². The lowest BCUT2D eigenvalue weighted by atomic mass is 10.1. The van der Waals surface area contributed by atoms with Crippen LogP contribution in [0.25, 0.3) is 11.3 Å². The highest BCUT2D eigenvalue weighted by Crippen LogP contribution is 2.33. The number of aromatic nitrogens is 1. The van der Waals surface area contributed by atoms with Crippen molar-refractivity contribution in [3.8, 4) is 11.3 Å². The van der Waals surface area contributed by atoms with E-state index in [9.17, 15) is 18.0 Å². The number of hydrogen-bond acceptors (Lipinski definition) is 1. The van der Waals surface area contributed by atoms with Gasteiger partial charge < -0.3 is 9.67 Å². The number of alkyl halides is 3. The highest BCUT2D eigenvalue weighted by molar-refractivity contribution is 5.87. The first-order valence-electron chi connectivity index (χ1n) is 6.34. The minimum Gasteiger partial charge on any atom is -0.477 e. The summed E-state index contributed by atoms with van der Waals surface area (Å²) in [4.78, 5) is 11.2. The Kier molecular flexibility index (Phi) is 3.80. The summed E-state index contributed by atoms with van der Waals surface area (Å²) in [7, 11) is 0. The van der Waals surface area contributed by atoms with Crippen LogP contribution in [0.15, 0.2) is 36.4 Å². The Balaban J connectivity index is 2.60. The van der Waals surface area contributed by atoms with Gasteiger partial charge in [-0.25, -0.2) is 4.79 Å². The topological polar surface area (TPSA) is 42.2 Å². The van der Waals surface area contributed by atoms with Gasteiger partial charge in [-0.3, -0.25) is 0 Å². The second-order valence-corrected chi connectivity index (χ2v) is 4.95. The molecule has 0 radical (unpaired) electrons. The summed E-state index contributed by atoms with van der Waals surface area (Å²) in [5.74, 6) is -1.11. The molecule has 2 aromatic rings. The van der Waals surface area contributed by atoms with Crippen LogP contribution in [0.3, 0.4) is 0 Å². The van der Waals surface area contributed by atoms with Gasteiger partial charge >= 0.3 is 12.1 Å². The molecule has 0 aliphatic carbocycles. The van der Waals surface area contributed by atoms with E-state index in [1.807, 2.05) is 0 Å². The van der Waals surface area contributed by atoms with Crippen LogP contribution in [-0.2, 0) is 6.18 Å². The van der Waals surface area contributed by atoms with Gasteiger partial charge in [0.2, 0.25) is 0 Å². The molecule has 0 fully saturated rings. The van der Waals surface area contributed by atoms with Gasteiger partial charge in [-0.05, 0) is 43.7 Å². The average molecular weight is 297 g/mol. The van der Waals surface area contributed by atoms with E-state index in [0.717, 1.165) is 12.1 Å². The van der Waals surface area contributed by atoms with Crippen molar-refractivity contribution in [1.29, 1.82) is 0 Å². The fraction of sp³-hybridized carbons (Fsp3) is 0.267. The van der Waals surface area contributed by atoms with Gasteiger partial charge in [-0.15, -0.1) is 0 Å². The lowest BCUT2D eigenvalue weighted by molar-refractivity contribution is -0.137. The second-order valence-electron chi connectivity index (χ2n) is 4.95. The predicted octanol–water partition coefficient (Wildman–Crippen LogP) is 4.45. The quantitative estimate of drug-likeness (QED) is 0.909. The van der Waals surface area contributed by atoms with Crippen LogP contribution in [0.1, 0.15) is 35.9 Å². The maximum atomic E-state index is 12.8. The van der Waals surface area contributed by atoms with Gasteiger partial charge in [-0.1, -0.05) is 12.1 Å². The number of carboxylic acids is 1. The van der Waals surface area contributed by atoms with Crippen molar-refractivity contribution in [3.05, 3.63) is 47.7 Å². The third kappa shape index (κ3) is 2.94. The van der Waals surface area contributed by atoms with E-state index in [2.05, 4.69) is 0 Å². The maximum Gasteiger partial charge on any atom is 0.416 e. The van der Waals surface area contributed by atoms with Crippen molar-refractivity contribution >= 4 is 5.97 Å². The molecule has 112 valence electrons. The minimum absolute atomic E-state index is 0.0532. The number of carboxylic acid groups (broad SMARTS) is 1. The zero-order chi connectivity index (χ0) is 15.8. The number of rotatable bonds is 3. The van der Waals surface area contributed by atoms with Gasteiger partial charge in [0.05, 0.1) is 5.56 Å². The number of nitrogens with zero attached hydrogens (tertiary/aromatic N) is 1. The van der Waals surface area contributed by atoms with Crippen LogP contribution < -0.4 is 0 Å². The van der Waals surface area contributed by atoms with E-state index in [1.165, 1.54) is 28.8 Å². The molecule has 6 heteroatoms. The normalized spacial score (nSPS) is 11.9. The molecule has 0 aliphatic rings. The molecule has 1 N–H and O–H groups in total. The largest absolute Gasteiger partial charge is 0.477 e. The predicted molar refractivity (Wildman–Crippen MR) is 72.2 cm³/mol. The molecule has 0 saturated heterocycles. The molecule has 0 atom stereocenters. The molecule has 1 aromatic heterocycles. The first-order chi connectivity index (χ1) is 9.71. The van der Waals surface area contributed by atoms with E-state index in [-0.39, 0.29) is 11.7 Å². The molecular formula is C15H14F3NO2. The molecule has 0 saturated carbocycles. The summed E-state index contributed by atoms with van der Waals surface area (Å²) in [6, 6.07) is 7.61. The molecule has 0 aliphatic heterocycles. The highest BCUT2D eigenvalue weighted by Gasteiger charge is 2.30. The van der Waals surface area contributed by atoms with Crippen LogP contribution in [0.4, 0.5) is 13.2 Å². The van der Waals surface area contributed by atoms with Crippen LogP contribution in [0.2, 0.25) is 0 Å². The molecule has 3 nitrogen and oxygen atoms in total. The smallest absolute Gasteiger partial charge is 0.416 e. The van der Waals surface area contributed by atoms with E-state index >= 15 is 0 Å². The van der Waals surface area contributed by atoms with E-state index in [0.29, 0.717) is 11.3 Å². The molecule has 0 bridgehead atoms.